The summed E-state index contributed by atoms with van der Waals surface area (Å²) in [5.41, 5.74) is 2.50. The molecule has 2 aromatic carbocycles. The van der Waals surface area contributed by atoms with Crippen LogP contribution in [-0.4, -0.2) is 16.1 Å². The monoisotopic (exact) mass is 407 g/mol. The number of aryl methyl sites for hydroxylation is 1. The lowest BCUT2D eigenvalue weighted by atomic mass is 10.1. The number of rotatable bonds is 3. The van der Waals surface area contributed by atoms with Crippen LogP contribution in [0.1, 0.15) is 15.9 Å². The molecule has 0 aliphatic carbocycles. The maximum absolute atomic E-state index is 12.3. The molecule has 0 spiro atoms. The summed E-state index contributed by atoms with van der Waals surface area (Å²) in [5.74, 6) is -0.316. The van der Waals surface area contributed by atoms with E-state index in [0.29, 0.717) is 15.7 Å². The molecule has 0 saturated heterocycles. The number of hydrogen-bond donors (Lipinski definition) is 1. The second-order valence-electron chi connectivity index (χ2n) is 4.86. The van der Waals surface area contributed by atoms with Gasteiger partial charge in [-0.25, -0.2) is 0 Å². The van der Waals surface area contributed by atoms with Gasteiger partial charge < -0.3 is 0 Å². The van der Waals surface area contributed by atoms with Crippen LogP contribution in [0.15, 0.2) is 46.9 Å². The van der Waals surface area contributed by atoms with Crippen LogP contribution < -0.4 is 5.32 Å². The second kappa shape index (κ2) is 6.78. The molecule has 1 heterocycles. The summed E-state index contributed by atoms with van der Waals surface area (Å²) in [5, 5.41) is 12.4. The van der Waals surface area contributed by atoms with E-state index in [-0.39, 0.29) is 5.91 Å². The van der Waals surface area contributed by atoms with Crippen molar-refractivity contribution in [2.45, 2.75) is 6.92 Å². The molecule has 0 unspecified atom stereocenters. The Labute approximate surface area is 150 Å². The zero-order valence-electron chi connectivity index (χ0n) is 12.0. The predicted molar refractivity (Wildman–Crippen MR) is 97.2 cm³/mol. The van der Waals surface area contributed by atoms with Gasteiger partial charge in [0.05, 0.1) is 10.6 Å². The number of benzene rings is 2. The minimum atomic E-state index is -0.316. The number of anilines is 1. The second-order valence-corrected chi connectivity index (χ2v) is 7.16. The van der Waals surface area contributed by atoms with Crippen molar-refractivity contribution in [1.82, 2.24) is 10.2 Å². The molecule has 0 atom stereocenters. The number of nitrogens with zero attached hydrogens (tertiary/aromatic N) is 2. The number of amides is 1. The third kappa shape index (κ3) is 3.77. The standard InChI is InChI=1S/C16H11BrClN3OS/c1-9-3-2-4-10(7-9)15-20-21-16(23-15)19-14(22)12-8-11(17)5-6-13(12)18/h2-8H,1H3,(H,19,21,22). The Balaban J connectivity index is 1.81. The lowest BCUT2D eigenvalue weighted by molar-refractivity contribution is 0.102. The minimum absolute atomic E-state index is 0.316. The van der Waals surface area contributed by atoms with E-state index in [4.69, 9.17) is 11.6 Å². The molecule has 0 aliphatic heterocycles. The van der Waals surface area contributed by atoms with Crippen LogP contribution in [0.3, 0.4) is 0 Å². The van der Waals surface area contributed by atoms with E-state index >= 15 is 0 Å². The van der Waals surface area contributed by atoms with E-state index < -0.39 is 0 Å². The van der Waals surface area contributed by atoms with Gasteiger partial charge in [-0.3, -0.25) is 10.1 Å². The highest BCUT2D eigenvalue weighted by molar-refractivity contribution is 9.10. The molecule has 1 N–H and O–H groups in total. The Morgan fingerprint density at radius 2 is 2.04 bits per heavy atom. The van der Waals surface area contributed by atoms with Crippen LogP contribution in [0.5, 0.6) is 0 Å². The number of hydrogen-bond acceptors (Lipinski definition) is 4. The van der Waals surface area contributed by atoms with Gasteiger partial charge >= 0.3 is 0 Å². The van der Waals surface area contributed by atoms with Gasteiger partial charge in [-0.15, -0.1) is 10.2 Å². The van der Waals surface area contributed by atoms with Crippen LogP contribution in [0, 0.1) is 6.92 Å². The van der Waals surface area contributed by atoms with Crippen LogP contribution in [0.4, 0.5) is 5.13 Å². The zero-order chi connectivity index (χ0) is 16.4. The van der Waals surface area contributed by atoms with Gasteiger partial charge in [0.15, 0.2) is 0 Å². The summed E-state index contributed by atoms with van der Waals surface area (Å²) in [6.07, 6.45) is 0. The molecule has 0 aliphatic rings. The molecule has 0 saturated carbocycles. The minimum Gasteiger partial charge on any atom is -0.296 e. The van der Waals surface area contributed by atoms with E-state index in [2.05, 4.69) is 31.4 Å². The van der Waals surface area contributed by atoms with E-state index in [1.54, 1.807) is 18.2 Å². The van der Waals surface area contributed by atoms with Crippen molar-refractivity contribution < 1.29 is 4.79 Å². The first-order chi connectivity index (χ1) is 11.0. The summed E-state index contributed by atoms with van der Waals surface area (Å²) < 4.78 is 0.782. The average Bonchev–Trinajstić information content (AvgIpc) is 2.98. The lowest BCUT2D eigenvalue weighted by Crippen LogP contribution is -2.12. The van der Waals surface area contributed by atoms with Crippen LogP contribution in [0.25, 0.3) is 10.6 Å². The molecule has 0 radical (unpaired) electrons. The predicted octanol–water partition coefficient (Wildman–Crippen LogP) is 5.18. The number of halogens is 2. The largest absolute Gasteiger partial charge is 0.296 e. The maximum atomic E-state index is 12.3. The van der Waals surface area contributed by atoms with E-state index in [1.807, 2.05) is 31.2 Å². The van der Waals surface area contributed by atoms with Crippen molar-refractivity contribution in [3.8, 4) is 10.6 Å². The van der Waals surface area contributed by atoms with Gasteiger partial charge in [0, 0.05) is 10.0 Å². The molecular formula is C16H11BrClN3OS. The fourth-order valence-corrected chi connectivity index (χ4v) is 3.30. The third-order valence-electron chi connectivity index (χ3n) is 3.08. The highest BCUT2D eigenvalue weighted by Crippen LogP contribution is 2.28. The molecule has 1 amide bonds. The molecular weight excluding hydrogens is 398 g/mol. The number of nitrogens with one attached hydrogen (secondary N) is 1. The third-order valence-corrected chi connectivity index (χ3v) is 4.79. The molecule has 7 heteroatoms. The van der Waals surface area contributed by atoms with Gasteiger partial charge in [0.1, 0.15) is 5.01 Å². The molecule has 4 nitrogen and oxygen atoms in total. The fourth-order valence-electron chi connectivity index (χ4n) is 2.00. The number of aromatic nitrogens is 2. The summed E-state index contributed by atoms with van der Waals surface area (Å²) in [6, 6.07) is 13.1. The lowest BCUT2D eigenvalue weighted by Gasteiger charge is -2.04. The molecule has 116 valence electrons. The Bertz CT molecular complexity index is 881. The van der Waals surface area contributed by atoms with Crippen molar-refractivity contribution in [1.29, 1.82) is 0 Å². The van der Waals surface area contributed by atoms with E-state index in [9.17, 15) is 4.79 Å². The van der Waals surface area contributed by atoms with Crippen molar-refractivity contribution >= 4 is 49.9 Å². The Morgan fingerprint density at radius 3 is 2.83 bits per heavy atom. The van der Waals surface area contributed by atoms with E-state index in [0.717, 1.165) is 20.6 Å². The first-order valence-corrected chi connectivity index (χ1v) is 8.68. The summed E-state index contributed by atoms with van der Waals surface area (Å²) >= 11 is 10.7. The van der Waals surface area contributed by atoms with Crippen molar-refractivity contribution in [2.24, 2.45) is 0 Å². The molecule has 1 aromatic heterocycles. The number of carbonyl (C=O) groups excluding carboxylic acids is 1. The molecule has 0 bridgehead atoms. The highest BCUT2D eigenvalue weighted by atomic mass is 79.9. The van der Waals surface area contributed by atoms with Gasteiger partial charge in [-0.1, -0.05) is 62.6 Å². The Kier molecular flexibility index (Phi) is 4.75. The highest BCUT2D eigenvalue weighted by Gasteiger charge is 2.14. The van der Waals surface area contributed by atoms with Crippen LogP contribution >= 0.6 is 38.9 Å². The molecule has 3 aromatic rings. The number of carbonyl (C=O) groups is 1. The van der Waals surface area contributed by atoms with Crippen molar-refractivity contribution in [2.75, 3.05) is 5.32 Å². The average molecular weight is 409 g/mol. The van der Waals surface area contributed by atoms with Gasteiger partial charge in [0.2, 0.25) is 5.13 Å². The first-order valence-electron chi connectivity index (χ1n) is 6.70. The quantitative estimate of drug-likeness (QED) is 0.649. The Morgan fingerprint density at radius 1 is 1.22 bits per heavy atom. The van der Waals surface area contributed by atoms with Crippen molar-refractivity contribution in [3.05, 3.63) is 63.1 Å². The maximum Gasteiger partial charge on any atom is 0.259 e. The summed E-state index contributed by atoms with van der Waals surface area (Å²) in [6.45, 7) is 2.02. The van der Waals surface area contributed by atoms with Gasteiger partial charge in [-0.2, -0.15) is 0 Å². The topological polar surface area (TPSA) is 54.9 Å². The first kappa shape index (κ1) is 16.1. The zero-order valence-corrected chi connectivity index (χ0v) is 15.2. The van der Waals surface area contributed by atoms with Crippen molar-refractivity contribution in [3.63, 3.8) is 0 Å². The normalized spacial score (nSPS) is 10.6. The smallest absolute Gasteiger partial charge is 0.259 e. The fraction of sp³-hybridized carbons (Fsp3) is 0.0625. The van der Waals surface area contributed by atoms with Crippen LogP contribution in [-0.2, 0) is 0 Å². The summed E-state index contributed by atoms with van der Waals surface area (Å²) in [4.78, 5) is 12.3. The molecule has 3 rings (SSSR count). The van der Waals surface area contributed by atoms with E-state index in [1.165, 1.54) is 11.3 Å². The SMILES string of the molecule is Cc1cccc(-c2nnc(NC(=O)c3cc(Br)ccc3Cl)s2)c1. The molecule has 23 heavy (non-hydrogen) atoms. The van der Waals surface area contributed by atoms with Gasteiger partial charge in [-0.05, 0) is 31.2 Å². The summed E-state index contributed by atoms with van der Waals surface area (Å²) in [7, 11) is 0. The van der Waals surface area contributed by atoms with Gasteiger partial charge in [0.25, 0.3) is 5.91 Å². The molecule has 0 fully saturated rings. The Hall–Kier alpha value is -1.76. The van der Waals surface area contributed by atoms with Crippen LogP contribution in [0.2, 0.25) is 5.02 Å².